The van der Waals surface area contributed by atoms with E-state index in [1.54, 1.807) is 7.11 Å². The van der Waals surface area contributed by atoms with E-state index >= 15 is 0 Å². The smallest absolute Gasteiger partial charge is 0.252 e. The lowest BCUT2D eigenvalue weighted by Crippen LogP contribution is -2.30. The Labute approximate surface area is 176 Å². The van der Waals surface area contributed by atoms with Crippen molar-refractivity contribution >= 4 is 21.8 Å². The predicted molar refractivity (Wildman–Crippen MR) is 117 cm³/mol. The zero-order valence-corrected chi connectivity index (χ0v) is 18.7. The van der Waals surface area contributed by atoms with Crippen LogP contribution in [-0.4, -0.2) is 38.1 Å². The van der Waals surface area contributed by atoms with E-state index in [0.717, 1.165) is 52.8 Å². The number of nitrogens with one attached hydrogen (secondary N) is 1. The van der Waals surface area contributed by atoms with Crippen molar-refractivity contribution in [2.24, 2.45) is 0 Å². The quantitative estimate of drug-likeness (QED) is 0.699. The fraction of sp³-hybridized carbons (Fsp3) is 0.435. The largest absolute Gasteiger partial charge is 0.496 e. The van der Waals surface area contributed by atoms with Crippen LogP contribution in [0.4, 0.5) is 0 Å². The van der Waals surface area contributed by atoms with Gasteiger partial charge in [0.05, 0.1) is 17.6 Å². The van der Waals surface area contributed by atoms with Crippen molar-refractivity contribution in [1.29, 1.82) is 0 Å². The second-order valence-corrected chi connectivity index (χ2v) is 8.60. The van der Waals surface area contributed by atoms with Gasteiger partial charge in [0.1, 0.15) is 5.75 Å². The summed E-state index contributed by atoms with van der Waals surface area (Å²) in [4.78, 5) is 15.4. The molecular weight excluding hydrogens is 416 g/mol. The number of methoxy groups -OCH3 is 1. The third-order valence-electron chi connectivity index (χ3n) is 5.72. The summed E-state index contributed by atoms with van der Waals surface area (Å²) >= 11 is 3.52. The number of hydrogen-bond donors (Lipinski definition) is 1. The number of benzene rings is 2. The summed E-state index contributed by atoms with van der Waals surface area (Å²) in [6, 6.07) is 12.2. The van der Waals surface area contributed by atoms with E-state index in [2.05, 4.69) is 51.4 Å². The summed E-state index contributed by atoms with van der Waals surface area (Å²) in [5.74, 6) is 1.30. The van der Waals surface area contributed by atoms with Crippen LogP contribution in [-0.2, 0) is 0 Å². The summed E-state index contributed by atoms with van der Waals surface area (Å²) in [7, 11) is 3.81. The highest BCUT2D eigenvalue weighted by molar-refractivity contribution is 9.10. The summed E-state index contributed by atoms with van der Waals surface area (Å²) in [6.45, 7) is 6.23. The molecule has 1 heterocycles. The minimum Gasteiger partial charge on any atom is -0.496 e. The topological polar surface area (TPSA) is 41.6 Å². The SMILES string of the molecule is COc1ccc([C@@H](C)NC(=O)c2cc(C3CCN(C)CC3)ccc2C)cc1Br. The lowest BCUT2D eigenvalue weighted by molar-refractivity contribution is 0.0939. The highest BCUT2D eigenvalue weighted by atomic mass is 79.9. The van der Waals surface area contributed by atoms with Gasteiger partial charge in [-0.3, -0.25) is 4.79 Å². The van der Waals surface area contributed by atoms with Crippen molar-refractivity contribution in [2.75, 3.05) is 27.2 Å². The van der Waals surface area contributed by atoms with E-state index in [9.17, 15) is 4.79 Å². The second kappa shape index (κ2) is 9.10. The van der Waals surface area contributed by atoms with Crippen LogP contribution in [0.5, 0.6) is 5.75 Å². The molecule has 4 nitrogen and oxygen atoms in total. The molecule has 28 heavy (non-hydrogen) atoms. The first-order valence-corrected chi connectivity index (χ1v) is 10.6. The van der Waals surface area contributed by atoms with Gasteiger partial charge in [0.25, 0.3) is 5.91 Å². The maximum atomic E-state index is 13.0. The van der Waals surface area contributed by atoms with Crippen molar-refractivity contribution in [3.05, 3.63) is 63.1 Å². The highest BCUT2D eigenvalue weighted by Crippen LogP contribution is 2.30. The van der Waals surface area contributed by atoms with Crippen LogP contribution in [0.2, 0.25) is 0 Å². The van der Waals surface area contributed by atoms with Gasteiger partial charge in [0, 0.05) is 5.56 Å². The number of aryl methyl sites for hydroxylation is 1. The molecule has 0 unspecified atom stereocenters. The first kappa shape index (κ1) is 20.9. The minimum absolute atomic E-state index is 0.0216. The van der Waals surface area contributed by atoms with Gasteiger partial charge in [-0.25, -0.2) is 0 Å². The Morgan fingerprint density at radius 1 is 1.21 bits per heavy atom. The van der Waals surface area contributed by atoms with E-state index in [1.165, 1.54) is 5.56 Å². The van der Waals surface area contributed by atoms with E-state index in [1.807, 2.05) is 32.0 Å². The molecule has 150 valence electrons. The predicted octanol–water partition coefficient (Wildman–Crippen LogP) is 5.07. The molecule has 0 aliphatic carbocycles. The molecule has 1 aliphatic heterocycles. The summed E-state index contributed by atoms with van der Waals surface area (Å²) in [5.41, 5.74) is 4.10. The monoisotopic (exact) mass is 444 g/mol. The second-order valence-electron chi connectivity index (χ2n) is 7.74. The molecule has 1 fully saturated rings. The number of nitrogens with zero attached hydrogens (tertiary/aromatic N) is 1. The van der Waals surface area contributed by atoms with Crippen LogP contribution in [0.3, 0.4) is 0 Å². The van der Waals surface area contributed by atoms with Gasteiger partial charge in [-0.15, -0.1) is 0 Å². The number of piperidine rings is 1. The van der Waals surface area contributed by atoms with Gasteiger partial charge in [-0.05, 0) is 104 Å². The molecule has 0 aromatic heterocycles. The highest BCUT2D eigenvalue weighted by Gasteiger charge is 2.21. The number of carbonyl (C=O) groups excluding carboxylic acids is 1. The molecular formula is C23H29BrN2O2. The number of amides is 1. The third kappa shape index (κ3) is 4.76. The first-order valence-electron chi connectivity index (χ1n) is 9.82. The van der Waals surface area contributed by atoms with E-state index in [-0.39, 0.29) is 11.9 Å². The zero-order valence-electron chi connectivity index (χ0n) is 17.1. The number of hydrogen-bond acceptors (Lipinski definition) is 3. The van der Waals surface area contributed by atoms with Crippen molar-refractivity contribution in [3.8, 4) is 5.75 Å². The average Bonchev–Trinajstić information content (AvgIpc) is 2.68. The number of carbonyl (C=O) groups is 1. The van der Waals surface area contributed by atoms with Crippen molar-refractivity contribution in [3.63, 3.8) is 0 Å². The molecule has 0 saturated carbocycles. The van der Waals surface area contributed by atoms with Gasteiger partial charge >= 0.3 is 0 Å². The molecule has 1 saturated heterocycles. The zero-order chi connectivity index (χ0) is 20.3. The van der Waals surface area contributed by atoms with Crippen LogP contribution in [0.15, 0.2) is 40.9 Å². The van der Waals surface area contributed by atoms with Crippen LogP contribution in [0.1, 0.15) is 58.8 Å². The Hall–Kier alpha value is -1.85. The molecule has 1 N–H and O–H groups in total. The lowest BCUT2D eigenvalue weighted by atomic mass is 9.87. The van der Waals surface area contributed by atoms with E-state index < -0.39 is 0 Å². The van der Waals surface area contributed by atoms with Crippen LogP contribution >= 0.6 is 15.9 Å². The van der Waals surface area contributed by atoms with Gasteiger partial charge < -0.3 is 15.0 Å². The number of halogens is 1. The molecule has 3 rings (SSSR count). The maximum absolute atomic E-state index is 13.0. The standard InChI is InChI=1S/C23H29BrN2O2/c1-15-5-6-19(17-9-11-26(3)12-10-17)13-20(15)23(27)25-16(2)18-7-8-22(28-4)21(24)14-18/h5-8,13-14,16-17H,9-12H2,1-4H3,(H,25,27)/t16-/m1/s1. The normalized spacial score (nSPS) is 16.6. The Morgan fingerprint density at radius 2 is 1.93 bits per heavy atom. The average molecular weight is 445 g/mol. The van der Waals surface area contributed by atoms with Crippen LogP contribution < -0.4 is 10.1 Å². The molecule has 0 spiro atoms. The number of rotatable bonds is 5. The molecule has 1 atom stereocenters. The fourth-order valence-corrected chi connectivity index (χ4v) is 4.35. The van der Waals surface area contributed by atoms with Crippen molar-refractivity contribution in [2.45, 2.75) is 38.6 Å². The number of likely N-dealkylation sites (tertiary alicyclic amines) is 1. The molecule has 1 aliphatic rings. The Bertz CT molecular complexity index is 844. The third-order valence-corrected chi connectivity index (χ3v) is 6.34. The maximum Gasteiger partial charge on any atom is 0.252 e. The van der Waals surface area contributed by atoms with Crippen molar-refractivity contribution < 1.29 is 9.53 Å². The lowest BCUT2D eigenvalue weighted by Gasteiger charge is -2.29. The molecule has 5 heteroatoms. The first-order chi connectivity index (χ1) is 13.4. The Kier molecular flexibility index (Phi) is 6.78. The fourth-order valence-electron chi connectivity index (χ4n) is 3.79. The van der Waals surface area contributed by atoms with Crippen LogP contribution in [0, 0.1) is 6.92 Å². The van der Waals surface area contributed by atoms with E-state index in [0.29, 0.717) is 5.92 Å². The number of ether oxygens (including phenoxy) is 1. The van der Waals surface area contributed by atoms with E-state index in [4.69, 9.17) is 4.74 Å². The molecule has 0 radical (unpaired) electrons. The summed E-state index contributed by atoms with van der Waals surface area (Å²) in [5, 5.41) is 3.15. The molecule has 2 aromatic rings. The summed E-state index contributed by atoms with van der Waals surface area (Å²) in [6.07, 6.45) is 2.30. The Morgan fingerprint density at radius 3 is 2.57 bits per heavy atom. The van der Waals surface area contributed by atoms with Gasteiger partial charge in [-0.2, -0.15) is 0 Å². The molecule has 2 aromatic carbocycles. The van der Waals surface area contributed by atoms with Crippen LogP contribution in [0.25, 0.3) is 0 Å². The van der Waals surface area contributed by atoms with Gasteiger partial charge in [0.15, 0.2) is 0 Å². The molecule has 1 amide bonds. The molecule has 0 bridgehead atoms. The Balaban J connectivity index is 1.74. The van der Waals surface area contributed by atoms with Gasteiger partial charge in [0.2, 0.25) is 0 Å². The van der Waals surface area contributed by atoms with Gasteiger partial charge in [-0.1, -0.05) is 18.2 Å². The van der Waals surface area contributed by atoms with Crippen molar-refractivity contribution in [1.82, 2.24) is 10.2 Å². The minimum atomic E-state index is -0.0962. The summed E-state index contributed by atoms with van der Waals surface area (Å²) < 4.78 is 6.17.